The fraction of sp³-hybridized carbons (Fsp3) is 0.348. The summed E-state index contributed by atoms with van der Waals surface area (Å²) in [7, 11) is 3.33. The Kier molecular flexibility index (Phi) is 4.65. The second-order valence-electron chi connectivity index (χ2n) is 7.77. The summed E-state index contributed by atoms with van der Waals surface area (Å²) >= 11 is 0. The Morgan fingerprint density at radius 2 is 1.77 bits per heavy atom. The Hall–Kier alpha value is -3.35. The number of rotatable bonds is 5. The smallest absolute Gasteiger partial charge is 0.233 e. The van der Waals surface area contributed by atoms with Gasteiger partial charge in [0, 0.05) is 11.5 Å². The standard InChI is InChI=1S/C23H24N4O3/c1-29-17-11-9-15(10-12-17)19-13-20(18-5-3-4-6-21(18)30-2)27-23(24-14-25-27)26(19)22(28)16-7-8-16/h3-6,9-12,14,16,19-20H,7-8,13H2,1-2H3/t19-,20+/m0/s1. The number of fused-ring (bicyclic) bond motifs is 1. The number of carbonyl (C=O) groups is 1. The molecule has 0 unspecified atom stereocenters. The Morgan fingerprint density at radius 3 is 2.47 bits per heavy atom. The van der Waals surface area contributed by atoms with Gasteiger partial charge < -0.3 is 9.47 Å². The van der Waals surface area contributed by atoms with Crippen LogP contribution in [-0.2, 0) is 4.79 Å². The number of benzene rings is 2. The number of methoxy groups -OCH3 is 2. The van der Waals surface area contributed by atoms with E-state index in [0.29, 0.717) is 12.4 Å². The van der Waals surface area contributed by atoms with E-state index in [1.165, 1.54) is 6.33 Å². The molecular formula is C23H24N4O3. The second kappa shape index (κ2) is 7.48. The fourth-order valence-corrected chi connectivity index (χ4v) is 4.28. The van der Waals surface area contributed by atoms with E-state index in [2.05, 4.69) is 16.1 Å². The third-order valence-corrected chi connectivity index (χ3v) is 5.99. The molecule has 1 amide bonds. The van der Waals surface area contributed by atoms with Crippen LogP contribution in [0.3, 0.4) is 0 Å². The molecule has 3 aromatic rings. The van der Waals surface area contributed by atoms with E-state index in [1.807, 2.05) is 52.0 Å². The normalized spacial score (nSPS) is 20.5. The second-order valence-corrected chi connectivity index (χ2v) is 7.77. The zero-order chi connectivity index (χ0) is 20.7. The fourth-order valence-electron chi connectivity index (χ4n) is 4.28. The molecule has 7 heteroatoms. The molecule has 1 fully saturated rings. The number of nitrogens with zero attached hydrogens (tertiary/aromatic N) is 4. The third kappa shape index (κ3) is 3.10. The molecule has 1 aromatic heterocycles. The molecule has 2 atom stereocenters. The zero-order valence-electron chi connectivity index (χ0n) is 17.1. The SMILES string of the molecule is COc1ccc([C@@H]2C[C@H](c3ccccc3OC)n3ncnc3N2C(=O)C2CC2)cc1. The van der Waals surface area contributed by atoms with E-state index >= 15 is 0 Å². The molecule has 2 aromatic carbocycles. The summed E-state index contributed by atoms with van der Waals surface area (Å²) in [5, 5.41) is 4.49. The van der Waals surface area contributed by atoms with Crippen LogP contribution >= 0.6 is 0 Å². The van der Waals surface area contributed by atoms with Crippen molar-refractivity contribution in [3.8, 4) is 11.5 Å². The van der Waals surface area contributed by atoms with Crippen molar-refractivity contribution in [3.05, 3.63) is 66.0 Å². The highest BCUT2D eigenvalue weighted by molar-refractivity contribution is 5.96. The van der Waals surface area contributed by atoms with Crippen molar-refractivity contribution >= 4 is 11.9 Å². The highest BCUT2D eigenvalue weighted by Crippen LogP contribution is 2.46. The maximum Gasteiger partial charge on any atom is 0.233 e. The number of hydrogen-bond acceptors (Lipinski definition) is 5. The van der Waals surface area contributed by atoms with Crippen molar-refractivity contribution in [1.29, 1.82) is 0 Å². The molecule has 0 bridgehead atoms. The minimum atomic E-state index is -0.143. The molecule has 0 N–H and O–H groups in total. The topological polar surface area (TPSA) is 69.5 Å². The molecule has 5 rings (SSSR count). The van der Waals surface area contributed by atoms with Crippen LogP contribution in [0, 0.1) is 5.92 Å². The molecule has 1 aliphatic heterocycles. The van der Waals surface area contributed by atoms with Crippen LogP contribution in [0.15, 0.2) is 54.9 Å². The molecular weight excluding hydrogens is 380 g/mol. The monoisotopic (exact) mass is 404 g/mol. The maximum atomic E-state index is 13.3. The first kappa shape index (κ1) is 18.7. The molecule has 30 heavy (non-hydrogen) atoms. The molecule has 1 saturated carbocycles. The van der Waals surface area contributed by atoms with Gasteiger partial charge in [0.1, 0.15) is 17.8 Å². The first-order valence-electron chi connectivity index (χ1n) is 10.2. The van der Waals surface area contributed by atoms with Gasteiger partial charge in [-0.1, -0.05) is 30.3 Å². The van der Waals surface area contributed by atoms with Gasteiger partial charge in [-0.2, -0.15) is 10.1 Å². The molecule has 0 saturated heterocycles. The predicted octanol–water partition coefficient (Wildman–Crippen LogP) is 3.77. The summed E-state index contributed by atoms with van der Waals surface area (Å²) in [6.45, 7) is 0. The Labute approximate surface area is 175 Å². The highest BCUT2D eigenvalue weighted by atomic mass is 16.5. The molecule has 0 spiro atoms. The van der Waals surface area contributed by atoms with Gasteiger partial charge in [0.15, 0.2) is 0 Å². The van der Waals surface area contributed by atoms with Gasteiger partial charge in [0.25, 0.3) is 0 Å². The van der Waals surface area contributed by atoms with Crippen molar-refractivity contribution in [3.63, 3.8) is 0 Å². The van der Waals surface area contributed by atoms with E-state index in [0.717, 1.165) is 35.5 Å². The number of hydrogen-bond donors (Lipinski definition) is 0. The van der Waals surface area contributed by atoms with Gasteiger partial charge in [-0.3, -0.25) is 9.69 Å². The van der Waals surface area contributed by atoms with Crippen LogP contribution < -0.4 is 14.4 Å². The van der Waals surface area contributed by atoms with Gasteiger partial charge in [-0.15, -0.1) is 0 Å². The Bertz CT molecular complexity index is 1060. The van der Waals surface area contributed by atoms with E-state index < -0.39 is 0 Å². The quantitative estimate of drug-likeness (QED) is 0.647. The van der Waals surface area contributed by atoms with Crippen LogP contribution in [0.25, 0.3) is 0 Å². The summed E-state index contributed by atoms with van der Waals surface area (Å²) in [5.74, 6) is 2.40. The summed E-state index contributed by atoms with van der Waals surface area (Å²) in [4.78, 5) is 19.6. The Morgan fingerprint density at radius 1 is 1.00 bits per heavy atom. The summed E-state index contributed by atoms with van der Waals surface area (Å²) in [6.07, 6.45) is 4.09. The lowest BCUT2D eigenvalue weighted by atomic mass is 9.91. The molecule has 2 aliphatic rings. The number of carbonyl (C=O) groups excluding carboxylic acids is 1. The number of amides is 1. The van der Waals surface area contributed by atoms with Gasteiger partial charge in [0.2, 0.25) is 11.9 Å². The van der Waals surface area contributed by atoms with E-state index in [9.17, 15) is 4.79 Å². The number of anilines is 1. The van der Waals surface area contributed by atoms with Gasteiger partial charge in [-0.05, 0) is 43.0 Å². The highest BCUT2D eigenvalue weighted by Gasteiger charge is 2.44. The predicted molar refractivity (Wildman–Crippen MR) is 112 cm³/mol. The minimum Gasteiger partial charge on any atom is -0.497 e. The third-order valence-electron chi connectivity index (χ3n) is 5.99. The van der Waals surface area contributed by atoms with Crippen LogP contribution in [0.1, 0.15) is 42.5 Å². The number of aromatic nitrogens is 3. The summed E-state index contributed by atoms with van der Waals surface area (Å²) < 4.78 is 12.8. The molecule has 154 valence electrons. The van der Waals surface area contributed by atoms with E-state index in [-0.39, 0.29) is 23.9 Å². The number of ether oxygens (including phenoxy) is 2. The molecule has 0 radical (unpaired) electrons. The minimum absolute atomic E-state index is 0.0821. The maximum absolute atomic E-state index is 13.3. The molecule has 1 aliphatic carbocycles. The van der Waals surface area contributed by atoms with Crippen molar-refractivity contribution in [1.82, 2.24) is 14.8 Å². The van der Waals surface area contributed by atoms with Crippen molar-refractivity contribution in [2.75, 3.05) is 19.1 Å². The summed E-state index contributed by atoms with van der Waals surface area (Å²) in [5.41, 5.74) is 2.09. The van der Waals surface area contributed by atoms with Crippen LogP contribution in [0.4, 0.5) is 5.95 Å². The lowest BCUT2D eigenvalue weighted by Crippen LogP contribution is -2.43. The lowest BCUT2D eigenvalue weighted by molar-refractivity contribution is -0.120. The van der Waals surface area contributed by atoms with Gasteiger partial charge in [-0.25, -0.2) is 4.68 Å². The average Bonchev–Trinajstić information content (AvgIpc) is 3.54. The van der Waals surface area contributed by atoms with Gasteiger partial charge >= 0.3 is 0 Å². The van der Waals surface area contributed by atoms with Crippen molar-refractivity contribution in [2.45, 2.75) is 31.3 Å². The van der Waals surface area contributed by atoms with Crippen molar-refractivity contribution < 1.29 is 14.3 Å². The lowest BCUT2D eigenvalue weighted by Gasteiger charge is -2.39. The zero-order valence-corrected chi connectivity index (χ0v) is 17.1. The Balaban J connectivity index is 1.63. The first-order valence-corrected chi connectivity index (χ1v) is 10.2. The largest absolute Gasteiger partial charge is 0.497 e. The molecule has 7 nitrogen and oxygen atoms in total. The van der Waals surface area contributed by atoms with E-state index in [4.69, 9.17) is 9.47 Å². The van der Waals surface area contributed by atoms with Crippen LogP contribution in [0.2, 0.25) is 0 Å². The van der Waals surface area contributed by atoms with E-state index in [1.54, 1.807) is 14.2 Å². The average molecular weight is 404 g/mol. The number of para-hydroxylation sites is 1. The van der Waals surface area contributed by atoms with Crippen LogP contribution in [0.5, 0.6) is 11.5 Å². The van der Waals surface area contributed by atoms with Gasteiger partial charge in [0.05, 0.1) is 26.3 Å². The van der Waals surface area contributed by atoms with Crippen molar-refractivity contribution in [2.24, 2.45) is 5.92 Å². The first-order chi connectivity index (χ1) is 14.7. The molecule has 2 heterocycles. The summed E-state index contributed by atoms with van der Waals surface area (Å²) in [6, 6.07) is 15.7. The van der Waals surface area contributed by atoms with Crippen LogP contribution in [-0.4, -0.2) is 34.9 Å².